The Balaban J connectivity index is 1.62. The van der Waals surface area contributed by atoms with Gasteiger partial charge in [0, 0.05) is 38.3 Å². The number of aromatic nitrogens is 2. The Bertz CT molecular complexity index is 744. The van der Waals surface area contributed by atoms with Crippen molar-refractivity contribution in [3.8, 4) is 0 Å². The van der Waals surface area contributed by atoms with Gasteiger partial charge in [-0.05, 0) is 38.9 Å². The van der Waals surface area contributed by atoms with E-state index in [-0.39, 0.29) is 18.1 Å². The van der Waals surface area contributed by atoms with Crippen LogP contribution in [0.2, 0.25) is 0 Å². The van der Waals surface area contributed by atoms with Gasteiger partial charge in [-0.1, -0.05) is 30.3 Å². The molecule has 0 saturated carbocycles. The summed E-state index contributed by atoms with van der Waals surface area (Å²) >= 11 is 0. The van der Waals surface area contributed by atoms with Gasteiger partial charge in [-0.2, -0.15) is 5.10 Å². The number of carbonyl (C=O) groups excluding carboxylic acids is 1. The highest BCUT2D eigenvalue weighted by Crippen LogP contribution is 2.30. The normalized spacial score (nSPS) is 19.9. The Kier molecular flexibility index (Phi) is 7.23. The fourth-order valence-electron chi connectivity index (χ4n) is 3.91. The van der Waals surface area contributed by atoms with Crippen molar-refractivity contribution >= 4 is 5.91 Å². The Labute approximate surface area is 168 Å². The van der Waals surface area contributed by atoms with Crippen LogP contribution in [0.25, 0.3) is 0 Å². The molecule has 0 N–H and O–H groups in total. The highest BCUT2D eigenvalue weighted by molar-refractivity contribution is 5.77. The number of rotatable bonds is 8. The number of benzene rings is 1. The molecule has 1 aliphatic rings. The second kappa shape index (κ2) is 9.85. The zero-order chi connectivity index (χ0) is 19.9. The summed E-state index contributed by atoms with van der Waals surface area (Å²) in [6.07, 6.45) is 7.35. The molecule has 2 aromatic rings. The lowest BCUT2D eigenvalue weighted by molar-refractivity contribution is -0.148. The number of hydrogen-bond donors (Lipinski definition) is 0. The summed E-state index contributed by atoms with van der Waals surface area (Å²) in [5.41, 5.74) is 2.38. The van der Waals surface area contributed by atoms with Crippen molar-refractivity contribution in [3.63, 3.8) is 0 Å². The summed E-state index contributed by atoms with van der Waals surface area (Å²) in [4.78, 5) is 17.2. The average molecular weight is 385 g/mol. The zero-order valence-corrected chi connectivity index (χ0v) is 17.3. The minimum Gasteiger partial charge on any atom is -0.373 e. The molecule has 1 saturated heterocycles. The van der Waals surface area contributed by atoms with Crippen LogP contribution in [0, 0.1) is 0 Å². The third-order valence-electron chi connectivity index (χ3n) is 5.23. The van der Waals surface area contributed by atoms with Gasteiger partial charge in [0.2, 0.25) is 5.91 Å². The van der Waals surface area contributed by atoms with E-state index in [0.717, 1.165) is 31.4 Å². The molecular weight excluding hydrogens is 352 g/mol. The molecule has 0 radical (unpaired) electrons. The quantitative estimate of drug-likeness (QED) is 0.657. The SMILES string of the molecule is CN(C)C[C@@H]1OCCN(C(=O)CCCCc2ccccc2)[C@H]1c1cnn(C)c1. The lowest BCUT2D eigenvalue weighted by Gasteiger charge is -2.42. The Hall–Kier alpha value is -2.18. The maximum atomic E-state index is 13.1. The van der Waals surface area contributed by atoms with Crippen molar-refractivity contribution in [1.82, 2.24) is 19.6 Å². The molecule has 1 amide bonds. The van der Waals surface area contributed by atoms with Crippen LogP contribution in [-0.2, 0) is 23.0 Å². The molecule has 1 aliphatic heterocycles. The highest BCUT2D eigenvalue weighted by atomic mass is 16.5. The van der Waals surface area contributed by atoms with E-state index in [2.05, 4.69) is 34.3 Å². The van der Waals surface area contributed by atoms with Gasteiger partial charge in [-0.15, -0.1) is 0 Å². The molecule has 6 nitrogen and oxygen atoms in total. The van der Waals surface area contributed by atoms with Crippen LogP contribution < -0.4 is 0 Å². The van der Waals surface area contributed by atoms with Crippen LogP contribution in [0.15, 0.2) is 42.7 Å². The number of likely N-dealkylation sites (N-methyl/N-ethyl adjacent to an activating group) is 1. The molecule has 1 aromatic carbocycles. The van der Waals surface area contributed by atoms with Gasteiger partial charge in [0.25, 0.3) is 0 Å². The van der Waals surface area contributed by atoms with Crippen LogP contribution in [-0.4, -0.2) is 65.4 Å². The first-order valence-electron chi connectivity index (χ1n) is 10.1. The fourth-order valence-corrected chi connectivity index (χ4v) is 3.91. The van der Waals surface area contributed by atoms with Crippen molar-refractivity contribution < 1.29 is 9.53 Å². The maximum Gasteiger partial charge on any atom is 0.223 e. The molecule has 2 atom stereocenters. The largest absolute Gasteiger partial charge is 0.373 e. The number of unbranched alkanes of at least 4 members (excludes halogenated alkanes) is 1. The number of nitrogens with zero attached hydrogens (tertiary/aromatic N) is 4. The predicted molar refractivity (Wildman–Crippen MR) is 110 cm³/mol. The van der Waals surface area contributed by atoms with Gasteiger partial charge in [-0.25, -0.2) is 0 Å². The summed E-state index contributed by atoms with van der Waals surface area (Å²) < 4.78 is 7.85. The first-order valence-corrected chi connectivity index (χ1v) is 10.1. The summed E-state index contributed by atoms with van der Waals surface area (Å²) in [6.45, 7) is 2.00. The van der Waals surface area contributed by atoms with E-state index in [0.29, 0.717) is 19.6 Å². The number of hydrogen-bond acceptors (Lipinski definition) is 4. The Morgan fingerprint density at radius 3 is 2.71 bits per heavy atom. The molecule has 6 heteroatoms. The monoisotopic (exact) mass is 384 g/mol. The summed E-state index contributed by atoms with van der Waals surface area (Å²) in [5.74, 6) is 0.217. The third kappa shape index (κ3) is 5.42. The molecule has 2 heterocycles. The van der Waals surface area contributed by atoms with Crippen LogP contribution in [0.5, 0.6) is 0 Å². The minimum absolute atomic E-state index is 0.0405. The molecule has 0 aliphatic carbocycles. The molecule has 0 unspecified atom stereocenters. The van der Waals surface area contributed by atoms with Crippen molar-refractivity contribution in [1.29, 1.82) is 0 Å². The van der Waals surface area contributed by atoms with Crippen LogP contribution >= 0.6 is 0 Å². The van der Waals surface area contributed by atoms with Gasteiger partial charge in [0.15, 0.2) is 0 Å². The van der Waals surface area contributed by atoms with Gasteiger partial charge in [0.1, 0.15) is 0 Å². The van der Waals surface area contributed by atoms with E-state index in [4.69, 9.17) is 4.74 Å². The van der Waals surface area contributed by atoms with Crippen molar-refractivity contribution in [3.05, 3.63) is 53.9 Å². The lowest BCUT2D eigenvalue weighted by atomic mass is 9.99. The summed E-state index contributed by atoms with van der Waals surface area (Å²) in [5, 5.41) is 4.32. The predicted octanol–water partition coefficient (Wildman–Crippen LogP) is 2.66. The fraction of sp³-hybridized carbons (Fsp3) is 0.545. The van der Waals surface area contributed by atoms with E-state index in [9.17, 15) is 4.79 Å². The van der Waals surface area contributed by atoms with Crippen molar-refractivity contribution in [2.75, 3.05) is 33.8 Å². The average Bonchev–Trinajstić information content (AvgIpc) is 3.11. The van der Waals surface area contributed by atoms with Crippen LogP contribution in [0.1, 0.15) is 36.4 Å². The Morgan fingerprint density at radius 2 is 2.04 bits per heavy atom. The molecule has 152 valence electrons. The smallest absolute Gasteiger partial charge is 0.223 e. The molecular formula is C22H32N4O2. The van der Waals surface area contributed by atoms with Crippen molar-refractivity contribution in [2.45, 2.75) is 37.8 Å². The van der Waals surface area contributed by atoms with E-state index < -0.39 is 0 Å². The number of amides is 1. The second-order valence-electron chi connectivity index (χ2n) is 7.84. The zero-order valence-electron chi connectivity index (χ0n) is 17.3. The van der Waals surface area contributed by atoms with Crippen LogP contribution in [0.3, 0.4) is 0 Å². The summed E-state index contributed by atoms with van der Waals surface area (Å²) in [6, 6.07) is 10.4. The first-order chi connectivity index (χ1) is 13.5. The number of morpholine rings is 1. The minimum atomic E-state index is -0.0773. The van der Waals surface area contributed by atoms with E-state index in [1.807, 2.05) is 44.5 Å². The van der Waals surface area contributed by atoms with E-state index in [1.165, 1.54) is 5.56 Å². The molecule has 1 aromatic heterocycles. The lowest BCUT2D eigenvalue weighted by Crippen LogP contribution is -2.51. The molecule has 3 rings (SSSR count). The van der Waals surface area contributed by atoms with Gasteiger partial charge < -0.3 is 14.5 Å². The topological polar surface area (TPSA) is 50.6 Å². The third-order valence-corrected chi connectivity index (χ3v) is 5.23. The van der Waals surface area contributed by atoms with Gasteiger partial charge in [0.05, 0.1) is 24.9 Å². The Morgan fingerprint density at radius 1 is 1.25 bits per heavy atom. The highest BCUT2D eigenvalue weighted by Gasteiger charge is 2.37. The van der Waals surface area contributed by atoms with Gasteiger partial charge in [-0.3, -0.25) is 9.48 Å². The number of aryl methyl sites for hydroxylation is 2. The second-order valence-corrected chi connectivity index (χ2v) is 7.84. The molecule has 0 bridgehead atoms. The molecule has 1 fully saturated rings. The van der Waals surface area contributed by atoms with E-state index >= 15 is 0 Å². The molecule has 0 spiro atoms. The van der Waals surface area contributed by atoms with Crippen molar-refractivity contribution in [2.24, 2.45) is 7.05 Å². The van der Waals surface area contributed by atoms with E-state index in [1.54, 1.807) is 4.68 Å². The first kappa shape index (κ1) is 20.6. The van der Waals surface area contributed by atoms with Crippen LogP contribution in [0.4, 0.5) is 0 Å². The van der Waals surface area contributed by atoms with Gasteiger partial charge >= 0.3 is 0 Å². The maximum absolute atomic E-state index is 13.1. The number of ether oxygens (including phenoxy) is 1. The molecule has 28 heavy (non-hydrogen) atoms. The standard InChI is InChI=1S/C22H32N4O2/c1-24(2)17-20-22(19-15-23-25(3)16-19)26(13-14-28-20)21(27)12-8-7-11-18-9-5-4-6-10-18/h4-6,9-10,15-16,20,22H,7-8,11-14,17H2,1-3H3/t20-,22-/m0/s1. The summed E-state index contributed by atoms with van der Waals surface area (Å²) in [7, 11) is 5.98. The number of carbonyl (C=O) groups is 1.